The van der Waals surface area contributed by atoms with Gasteiger partial charge in [0.25, 0.3) is 0 Å². The lowest BCUT2D eigenvalue weighted by Crippen LogP contribution is -2.52. The molecule has 130 valence electrons. The summed E-state index contributed by atoms with van der Waals surface area (Å²) in [6.45, 7) is 4.74. The molecule has 0 aliphatic carbocycles. The van der Waals surface area contributed by atoms with Crippen LogP contribution in [0.3, 0.4) is 0 Å². The van der Waals surface area contributed by atoms with Gasteiger partial charge in [-0.2, -0.15) is 0 Å². The molecule has 6 nitrogen and oxygen atoms in total. The molecule has 0 atom stereocenters. The van der Waals surface area contributed by atoms with Crippen LogP contribution in [-0.4, -0.2) is 63.2 Å². The Balaban J connectivity index is 1.51. The van der Waals surface area contributed by atoms with Gasteiger partial charge in [0, 0.05) is 52.7 Å². The van der Waals surface area contributed by atoms with Crippen LogP contribution in [0, 0.1) is 0 Å². The molecule has 0 bridgehead atoms. The van der Waals surface area contributed by atoms with Crippen molar-refractivity contribution in [3.05, 3.63) is 28.6 Å². The Bertz CT molecular complexity index is 656. The van der Waals surface area contributed by atoms with E-state index in [2.05, 4.69) is 48.0 Å². The highest BCUT2D eigenvalue weighted by atomic mass is 32.1. The summed E-state index contributed by atoms with van der Waals surface area (Å²) in [5.41, 5.74) is 1.06. The lowest BCUT2D eigenvalue weighted by molar-refractivity contribution is 0.373. The predicted octanol–water partition coefficient (Wildman–Crippen LogP) is 2.17. The molecule has 0 aromatic carbocycles. The Morgan fingerprint density at radius 2 is 2.08 bits per heavy atom. The maximum absolute atomic E-state index is 4.61. The lowest BCUT2D eigenvalue weighted by Gasteiger charge is -2.36. The van der Waals surface area contributed by atoms with Crippen molar-refractivity contribution >= 4 is 38.8 Å². The maximum atomic E-state index is 4.61. The van der Waals surface area contributed by atoms with Crippen molar-refractivity contribution in [1.82, 2.24) is 15.2 Å². The predicted molar refractivity (Wildman–Crippen MR) is 105 cm³/mol. The van der Waals surface area contributed by atoms with Crippen molar-refractivity contribution in [1.29, 1.82) is 0 Å². The number of anilines is 2. The van der Waals surface area contributed by atoms with E-state index in [-0.39, 0.29) is 0 Å². The Hall–Kier alpha value is -1.80. The molecule has 1 fully saturated rings. The van der Waals surface area contributed by atoms with Gasteiger partial charge in [0.1, 0.15) is 0 Å². The molecule has 3 heterocycles. The molecule has 3 rings (SSSR count). The van der Waals surface area contributed by atoms with E-state index in [0.29, 0.717) is 6.54 Å². The summed E-state index contributed by atoms with van der Waals surface area (Å²) in [6.07, 6.45) is 0. The van der Waals surface area contributed by atoms with Crippen LogP contribution in [0.15, 0.2) is 27.9 Å². The average Bonchev–Trinajstić information content (AvgIpc) is 3.28. The van der Waals surface area contributed by atoms with E-state index in [4.69, 9.17) is 0 Å². The number of hydrogen-bond acceptors (Lipinski definition) is 6. The summed E-state index contributed by atoms with van der Waals surface area (Å²) in [6, 6.07) is 4.31. The summed E-state index contributed by atoms with van der Waals surface area (Å²) in [5.74, 6) is 0.959. The minimum absolute atomic E-state index is 0.710. The van der Waals surface area contributed by atoms with E-state index in [9.17, 15) is 0 Å². The zero-order valence-corrected chi connectivity index (χ0v) is 16.0. The van der Waals surface area contributed by atoms with Gasteiger partial charge in [-0.15, -0.1) is 22.7 Å². The molecule has 24 heavy (non-hydrogen) atoms. The van der Waals surface area contributed by atoms with E-state index in [1.165, 1.54) is 5.00 Å². The standard InChI is InChI=1S/C16H24N6S2/c1-17-15(18-11-13-12-24-16(19-13)20(2)3)22-8-6-21(7-9-22)14-5-4-10-23-14/h4-5,10,12H,6-9,11H2,1-3H3,(H,17,18). The highest BCUT2D eigenvalue weighted by Crippen LogP contribution is 2.22. The second-order valence-electron chi connectivity index (χ2n) is 5.84. The second-order valence-corrected chi connectivity index (χ2v) is 7.60. The van der Waals surface area contributed by atoms with Crippen molar-refractivity contribution < 1.29 is 0 Å². The molecule has 0 saturated carbocycles. The van der Waals surface area contributed by atoms with Gasteiger partial charge in [-0.1, -0.05) is 0 Å². The van der Waals surface area contributed by atoms with Gasteiger partial charge in [0.05, 0.1) is 17.2 Å². The summed E-state index contributed by atoms with van der Waals surface area (Å²) >= 11 is 3.47. The number of nitrogens with zero attached hydrogens (tertiary/aromatic N) is 5. The van der Waals surface area contributed by atoms with Crippen LogP contribution in [0.25, 0.3) is 0 Å². The van der Waals surface area contributed by atoms with Crippen LogP contribution in [-0.2, 0) is 6.54 Å². The number of rotatable bonds is 4. The van der Waals surface area contributed by atoms with Gasteiger partial charge in [0.15, 0.2) is 11.1 Å². The molecule has 8 heteroatoms. The van der Waals surface area contributed by atoms with Gasteiger partial charge >= 0.3 is 0 Å². The third-order valence-corrected chi connectivity index (χ3v) is 5.94. The number of thiazole rings is 1. The molecule has 2 aromatic rings. The Morgan fingerprint density at radius 1 is 1.29 bits per heavy atom. The van der Waals surface area contributed by atoms with E-state index >= 15 is 0 Å². The van der Waals surface area contributed by atoms with Crippen LogP contribution in [0.2, 0.25) is 0 Å². The first-order valence-electron chi connectivity index (χ1n) is 8.03. The van der Waals surface area contributed by atoms with Crippen molar-refractivity contribution in [2.45, 2.75) is 6.54 Å². The molecule has 0 spiro atoms. The number of hydrogen-bond donors (Lipinski definition) is 1. The minimum atomic E-state index is 0.710. The fourth-order valence-corrected chi connectivity index (χ4v) is 4.22. The number of piperazine rings is 1. The van der Waals surface area contributed by atoms with Crippen molar-refractivity contribution in [2.24, 2.45) is 4.99 Å². The van der Waals surface area contributed by atoms with Crippen LogP contribution in [0.1, 0.15) is 5.69 Å². The number of aromatic nitrogens is 1. The monoisotopic (exact) mass is 364 g/mol. The first kappa shape index (κ1) is 17.0. The van der Waals surface area contributed by atoms with Crippen LogP contribution in [0.5, 0.6) is 0 Å². The third-order valence-electron chi connectivity index (χ3n) is 3.96. The largest absolute Gasteiger partial charge is 0.360 e. The molecule has 0 amide bonds. The number of nitrogens with one attached hydrogen (secondary N) is 1. The SMILES string of the molecule is CN=C(NCc1csc(N(C)C)n1)N1CCN(c2cccs2)CC1. The van der Waals surface area contributed by atoms with Gasteiger partial charge in [-0.3, -0.25) is 4.99 Å². The lowest BCUT2D eigenvalue weighted by atomic mass is 10.3. The topological polar surface area (TPSA) is 47.0 Å². The molecular weight excluding hydrogens is 340 g/mol. The molecule has 1 aliphatic heterocycles. The zero-order chi connectivity index (χ0) is 16.9. The fraction of sp³-hybridized carbons (Fsp3) is 0.500. The normalized spacial score (nSPS) is 15.7. The Morgan fingerprint density at radius 3 is 2.67 bits per heavy atom. The third kappa shape index (κ3) is 3.99. The number of guanidine groups is 1. The van der Waals surface area contributed by atoms with Crippen molar-refractivity contribution in [3.8, 4) is 0 Å². The molecule has 1 aliphatic rings. The number of thiophene rings is 1. The molecule has 1 saturated heterocycles. The Kier molecular flexibility index (Phi) is 5.57. The van der Waals surface area contributed by atoms with E-state index in [0.717, 1.165) is 43.0 Å². The van der Waals surface area contributed by atoms with Gasteiger partial charge < -0.3 is 20.0 Å². The average molecular weight is 365 g/mol. The van der Waals surface area contributed by atoms with Crippen LogP contribution >= 0.6 is 22.7 Å². The van der Waals surface area contributed by atoms with E-state index in [1.807, 2.05) is 37.4 Å². The fourth-order valence-electron chi connectivity index (χ4n) is 2.67. The maximum Gasteiger partial charge on any atom is 0.194 e. The molecule has 1 N–H and O–H groups in total. The van der Waals surface area contributed by atoms with Gasteiger partial charge in [0.2, 0.25) is 0 Å². The van der Waals surface area contributed by atoms with E-state index < -0.39 is 0 Å². The van der Waals surface area contributed by atoms with Crippen molar-refractivity contribution in [2.75, 3.05) is 57.1 Å². The molecule has 0 unspecified atom stereocenters. The summed E-state index contributed by atoms with van der Waals surface area (Å²) in [5, 5.41) is 10.1. The highest BCUT2D eigenvalue weighted by molar-refractivity contribution is 7.14. The van der Waals surface area contributed by atoms with Gasteiger partial charge in [-0.25, -0.2) is 4.98 Å². The minimum Gasteiger partial charge on any atom is -0.360 e. The summed E-state index contributed by atoms with van der Waals surface area (Å²) in [4.78, 5) is 15.8. The summed E-state index contributed by atoms with van der Waals surface area (Å²) < 4.78 is 0. The molecule has 0 radical (unpaired) electrons. The zero-order valence-electron chi connectivity index (χ0n) is 14.4. The van der Waals surface area contributed by atoms with E-state index in [1.54, 1.807) is 11.3 Å². The highest BCUT2D eigenvalue weighted by Gasteiger charge is 2.20. The summed E-state index contributed by atoms with van der Waals surface area (Å²) in [7, 11) is 5.88. The van der Waals surface area contributed by atoms with Crippen LogP contribution < -0.4 is 15.1 Å². The quantitative estimate of drug-likeness (QED) is 0.665. The molecular formula is C16H24N6S2. The van der Waals surface area contributed by atoms with Crippen molar-refractivity contribution in [3.63, 3.8) is 0 Å². The van der Waals surface area contributed by atoms with Crippen LogP contribution in [0.4, 0.5) is 10.1 Å². The molecule has 2 aromatic heterocycles. The number of aliphatic imine (C=N–C) groups is 1. The first-order chi connectivity index (χ1) is 11.7. The first-order valence-corrected chi connectivity index (χ1v) is 9.79. The second kappa shape index (κ2) is 7.85. The Labute approximate surface area is 151 Å². The smallest absolute Gasteiger partial charge is 0.194 e. The van der Waals surface area contributed by atoms with Gasteiger partial charge in [-0.05, 0) is 17.5 Å².